The molecule has 128 valence electrons. The van der Waals surface area contributed by atoms with Crippen LogP contribution in [0.25, 0.3) is 0 Å². The highest BCUT2D eigenvalue weighted by atomic mass is 16.5. The predicted octanol–water partition coefficient (Wildman–Crippen LogP) is 4.21. The Bertz CT molecular complexity index is 643. The molecule has 3 nitrogen and oxygen atoms in total. The van der Waals surface area contributed by atoms with Crippen LogP contribution in [0.3, 0.4) is 0 Å². The number of phenols is 1. The van der Waals surface area contributed by atoms with Crippen LogP contribution in [-0.2, 0) is 5.41 Å². The maximum atomic E-state index is 9.86. The first-order valence-electron chi connectivity index (χ1n) is 8.91. The highest BCUT2D eigenvalue weighted by Crippen LogP contribution is 2.39. The molecule has 2 aromatic rings. The molecule has 1 aliphatic heterocycles. The maximum absolute atomic E-state index is 9.86. The van der Waals surface area contributed by atoms with Crippen molar-refractivity contribution in [2.75, 3.05) is 26.2 Å². The van der Waals surface area contributed by atoms with Crippen LogP contribution in [0.4, 0.5) is 0 Å². The van der Waals surface area contributed by atoms with E-state index in [0.29, 0.717) is 12.4 Å². The molecule has 3 heteroatoms. The molecule has 2 aromatic carbocycles. The standard InChI is InChI=1S/C21H27NO2/c1-2-11-21(18-7-6-8-19(23)16-18)12-13-22(17-21)14-15-24-20-9-4-3-5-10-20/h3-10,16,23H,2,11-15,17H2,1H3. The van der Waals surface area contributed by atoms with Gasteiger partial charge in [0.15, 0.2) is 0 Å². The molecule has 3 rings (SSSR count). The van der Waals surface area contributed by atoms with E-state index >= 15 is 0 Å². The molecule has 1 unspecified atom stereocenters. The molecule has 0 saturated carbocycles. The summed E-state index contributed by atoms with van der Waals surface area (Å²) in [5.41, 5.74) is 1.44. The van der Waals surface area contributed by atoms with Gasteiger partial charge in [-0.25, -0.2) is 0 Å². The summed E-state index contributed by atoms with van der Waals surface area (Å²) in [4.78, 5) is 2.49. The van der Waals surface area contributed by atoms with E-state index in [1.165, 1.54) is 5.56 Å². The smallest absolute Gasteiger partial charge is 0.119 e. The van der Waals surface area contributed by atoms with E-state index in [-0.39, 0.29) is 5.41 Å². The monoisotopic (exact) mass is 325 g/mol. The number of aromatic hydroxyl groups is 1. The lowest BCUT2D eigenvalue weighted by Crippen LogP contribution is -2.33. The van der Waals surface area contributed by atoms with Gasteiger partial charge in [-0.1, -0.05) is 43.7 Å². The Morgan fingerprint density at radius 2 is 1.96 bits per heavy atom. The number of hydrogen-bond donors (Lipinski definition) is 1. The summed E-state index contributed by atoms with van der Waals surface area (Å²) in [5, 5.41) is 9.86. The quantitative estimate of drug-likeness (QED) is 0.827. The van der Waals surface area contributed by atoms with Crippen LogP contribution in [0, 0.1) is 0 Å². The van der Waals surface area contributed by atoms with E-state index < -0.39 is 0 Å². The SMILES string of the molecule is CCCC1(c2cccc(O)c2)CCN(CCOc2ccccc2)C1. The van der Waals surface area contributed by atoms with E-state index in [4.69, 9.17) is 4.74 Å². The molecule has 0 spiro atoms. The lowest BCUT2D eigenvalue weighted by Gasteiger charge is -2.30. The van der Waals surface area contributed by atoms with Crippen molar-refractivity contribution < 1.29 is 9.84 Å². The summed E-state index contributed by atoms with van der Waals surface area (Å²) in [6, 6.07) is 17.8. The number of likely N-dealkylation sites (tertiary alicyclic amines) is 1. The second-order valence-electron chi connectivity index (χ2n) is 6.77. The zero-order valence-corrected chi connectivity index (χ0v) is 14.4. The minimum atomic E-state index is 0.167. The number of phenolic OH excluding ortho intramolecular Hbond substituents is 1. The molecule has 24 heavy (non-hydrogen) atoms. The van der Waals surface area contributed by atoms with Crippen LogP contribution in [0.1, 0.15) is 31.7 Å². The van der Waals surface area contributed by atoms with Crippen molar-refractivity contribution >= 4 is 0 Å². The van der Waals surface area contributed by atoms with E-state index in [2.05, 4.69) is 17.9 Å². The molecule has 0 aliphatic carbocycles. The van der Waals surface area contributed by atoms with Crippen LogP contribution in [0.15, 0.2) is 54.6 Å². The molecular weight excluding hydrogens is 298 g/mol. The average molecular weight is 325 g/mol. The fourth-order valence-electron chi connectivity index (χ4n) is 3.86. The fraction of sp³-hybridized carbons (Fsp3) is 0.429. The number of nitrogens with zero attached hydrogens (tertiary/aromatic N) is 1. The summed E-state index contributed by atoms with van der Waals surface area (Å²) < 4.78 is 5.84. The first-order valence-corrected chi connectivity index (χ1v) is 8.91. The third-order valence-corrected chi connectivity index (χ3v) is 5.04. The van der Waals surface area contributed by atoms with Crippen molar-refractivity contribution in [3.05, 3.63) is 60.2 Å². The third-order valence-electron chi connectivity index (χ3n) is 5.04. The first-order chi connectivity index (χ1) is 11.7. The van der Waals surface area contributed by atoms with E-state index in [9.17, 15) is 5.11 Å². The van der Waals surface area contributed by atoms with Crippen molar-refractivity contribution in [2.45, 2.75) is 31.6 Å². The van der Waals surface area contributed by atoms with Crippen LogP contribution < -0.4 is 4.74 Å². The number of para-hydroxylation sites is 1. The molecule has 0 radical (unpaired) electrons. The van der Waals surface area contributed by atoms with Gasteiger partial charge in [-0.05, 0) is 49.2 Å². The van der Waals surface area contributed by atoms with Gasteiger partial charge in [0, 0.05) is 18.5 Å². The topological polar surface area (TPSA) is 32.7 Å². The van der Waals surface area contributed by atoms with Crippen LogP contribution >= 0.6 is 0 Å². The van der Waals surface area contributed by atoms with Crippen molar-refractivity contribution in [1.82, 2.24) is 4.90 Å². The van der Waals surface area contributed by atoms with Gasteiger partial charge in [0.25, 0.3) is 0 Å². The molecule has 1 atom stereocenters. The Morgan fingerprint density at radius 1 is 1.12 bits per heavy atom. The van der Waals surface area contributed by atoms with Gasteiger partial charge >= 0.3 is 0 Å². The van der Waals surface area contributed by atoms with Crippen molar-refractivity contribution in [3.63, 3.8) is 0 Å². The zero-order chi connectivity index (χ0) is 16.8. The molecule has 1 N–H and O–H groups in total. The molecule has 0 amide bonds. The van der Waals surface area contributed by atoms with Gasteiger partial charge < -0.3 is 9.84 Å². The van der Waals surface area contributed by atoms with E-state index in [0.717, 1.165) is 44.6 Å². The Morgan fingerprint density at radius 3 is 2.71 bits per heavy atom. The van der Waals surface area contributed by atoms with Gasteiger partial charge in [-0.15, -0.1) is 0 Å². The lowest BCUT2D eigenvalue weighted by molar-refractivity contribution is 0.226. The summed E-state index contributed by atoms with van der Waals surface area (Å²) in [5.74, 6) is 1.30. The van der Waals surface area contributed by atoms with E-state index in [1.807, 2.05) is 42.5 Å². The van der Waals surface area contributed by atoms with Crippen LogP contribution in [0.5, 0.6) is 11.5 Å². The van der Waals surface area contributed by atoms with Gasteiger partial charge in [0.2, 0.25) is 0 Å². The Labute approximate surface area is 144 Å². The van der Waals surface area contributed by atoms with Crippen molar-refractivity contribution in [2.24, 2.45) is 0 Å². The highest BCUT2D eigenvalue weighted by molar-refractivity contribution is 5.34. The van der Waals surface area contributed by atoms with Gasteiger partial charge in [0.05, 0.1) is 0 Å². The number of benzene rings is 2. The Balaban J connectivity index is 1.60. The van der Waals surface area contributed by atoms with Crippen LogP contribution in [-0.4, -0.2) is 36.2 Å². The molecule has 1 saturated heterocycles. The minimum absolute atomic E-state index is 0.167. The molecule has 0 aromatic heterocycles. The maximum Gasteiger partial charge on any atom is 0.119 e. The molecular formula is C21H27NO2. The van der Waals surface area contributed by atoms with E-state index in [1.54, 1.807) is 6.07 Å². The molecule has 1 aliphatic rings. The Kier molecular flexibility index (Phi) is 5.41. The summed E-state index contributed by atoms with van der Waals surface area (Å²) >= 11 is 0. The fourth-order valence-corrected chi connectivity index (χ4v) is 3.86. The van der Waals surface area contributed by atoms with Gasteiger partial charge in [0.1, 0.15) is 18.1 Å². The minimum Gasteiger partial charge on any atom is -0.508 e. The highest BCUT2D eigenvalue weighted by Gasteiger charge is 2.38. The number of ether oxygens (including phenoxy) is 1. The summed E-state index contributed by atoms with van der Waals surface area (Å²) in [6.45, 7) is 6.04. The predicted molar refractivity (Wildman–Crippen MR) is 97.7 cm³/mol. The third kappa shape index (κ3) is 3.90. The molecule has 1 heterocycles. The average Bonchev–Trinajstić information content (AvgIpc) is 3.01. The zero-order valence-electron chi connectivity index (χ0n) is 14.4. The molecule has 1 fully saturated rings. The van der Waals surface area contributed by atoms with Crippen LogP contribution in [0.2, 0.25) is 0 Å². The lowest BCUT2D eigenvalue weighted by atomic mass is 9.76. The first kappa shape index (κ1) is 16.8. The largest absolute Gasteiger partial charge is 0.508 e. The number of hydrogen-bond acceptors (Lipinski definition) is 3. The number of rotatable bonds is 7. The molecule has 0 bridgehead atoms. The summed E-state index contributed by atoms with van der Waals surface area (Å²) in [7, 11) is 0. The van der Waals surface area contributed by atoms with Gasteiger partial charge in [-0.2, -0.15) is 0 Å². The van der Waals surface area contributed by atoms with Crippen molar-refractivity contribution in [1.29, 1.82) is 0 Å². The normalized spacial score (nSPS) is 21.0. The summed E-state index contributed by atoms with van der Waals surface area (Å²) in [6.07, 6.45) is 3.46. The Hall–Kier alpha value is -2.00. The second-order valence-corrected chi connectivity index (χ2v) is 6.77. The van der Waals surface area contributed by atoms with Gasteiger partial charge in [-0.3, -0.25) is 4.90 Å². The second kappa shape index (κ2) is 7.71. The van der Waals surface area contributed by atoms with Crippen molar-refractivity contribution in [3.8, 4) is 11.5 Å².